The maximum absolute atomic E-state index is 13.0. The third kappa shape index (κ3) is 5.94. The zero-order chi connectivity index (χ0) is 20.1. The lowest BCUT2D eigenvalue weighted by Gasteiger charge is -2.25. The van der Waals surface area contributed by atoms with E-state index in [1.54, 1.807) is 29.4 Å². The third-order valence-corrected chi connectivity index (χ3v) is 4.76. The van der Waals surface area contributed by atoms with E-state index < -0.39 is 0 Å². The Balaban J connectivity index is 0.00000171. The van der Waals surface area contributed by atoms with Crippen molar-refractivity contribution in [3.05, 3.63) is 71.5 Å². The first kappa shape index (κ1) is 24.6. The molecular weight excluding hydrogens is 441 g/mol. The minimum Gasteiger partial charge on any atom is -0.490 e. The van der Waals surface area contributed by atoms with Gasteiger partial charge >= 0.3 is 0 Å². The summed E-state index contributed by atoms with van der Waals surface area (Å²) in [5.41, 5.74) is 7.75. The van der Waals surface area contributed by atoms with Crippen molar-refractivity contribution in [1.82, 2.24) is 19.9 Å². The monoisotopic (exact) mass is 465 g/mol. The van der Waals surface area contributed by atoms with E-state index in [2.05, 4.69) is 15.0 Å². The maximum Gasteiger partial charge on any atom is 0.276 e. The van der Waals surface area contributed by atoms with E-state index in [4.69, 9.17) is 14.9 Å². The zero-order valence-electron chi connectivity index (χ0n) is 16.9. The number of halogens is 2. The van der Waals surface area contributed by atoms with Crippen LogP contribution in [0.5, 0.6) is 5.75 Å². The number of carbonyl (C=O) groups excluding carboxylic acids is 1. The van der Waals surface area contributed by atoms with Gasteiger partial charge in [-0.3, -0.25) is 9.78 Å². The fourth-order valence-corrected chi connectivity index (χ4v) is 3.32. The summed E-state index contributed by atoms with van der Waals surface area (Å²) in [5, 5.41) is 0. The number of nitrogens with zero attached hydrogens (tertiary/aromatic N) is 4. The van der Waals surface area contributed by atoms with Crippen LogP contribution >= 0.6 is 24.8 Å². The Morgan fingerprint density at radius 1 is 1.19 bits per heavy atom. The molecule has 0 spiro atoms. The van der Waals surface area contributed by atoms with Crippen molar-refractivity contribution in [2.24, 2.45) is 5.73 Å². The number of ether oxygens (including phenoxy) is 1. The molecule has 0 unspecified atom stereocenters. The molecule has 1 amide bonds. The van der Waals surface area contributed by atoms with E-state index in [0.717, 1.165) is 23.4 Å². The van der Waals surface area contributed by atoms with Gasteiger partial charge in [0.15, 0.2) is 17.3 Å². The van der Waals surface area contributed by atoms with Gasteiger partial charge in [-0.2, -0.15) is 0 Å². The Morgan fingerprint density at radius 3 is 2.81 bits per heavy atom. The van der Waals surface area contributed by atoms with Gasteiger partial charge in [0, 0.05) is 44.5 Å². The number of oxazole rings is 1. The first-order valence-electron chi connectivity index (χ1n) is 9.68. The molecule has 4 heterocycles. The van der Waals surface area contributed by atoms with E-state index in [1.165, 1.54) is 0 Å². The molecule has 2 N–H and O–H groups in total. The molecule has 0 bridgehead atoms. The summed E-state index contributed by atoms with van der Waals surface area (Å²) in [5.74, 6) is 1.82. The molecule has 0 saturated carbocycles. The van der Waals surface area contributed by atoms with E-state index in [-0.39, 0.29) is 30.7 Å². The van der Waals surface area contributed by atoms with Crippen molar-refractivity contribution in [2.75, 3.05) is 19.7 Å². The molecule has 4 rings (SSSR count). The molecule has 10 heteroatoms. The van der Waals surface area contributed by atoms with Gasteiger partial charge < -0.3 is 19.8 Å². The molecule has 1 aliphatic rings. The Hall–Kier alpha value is -2.68. The van der Waals surface area contributed by atoms with E-state index in [9.17, 15) is 4.79 Å². The molecular formula is C21H25Cl2N5O3. The van der Waals surface area contributed by atoms with E-state index in [1.807, 2.05) is 18.3 Å². The lowest BCUT2D eigenvalue weighted by Crippen LogP contribution is -2.36. The molecule has 0 radical (unpaired) electrons. The molecule has 3 aromatic rings. The Labute approximate surface area is 193 Å². The summed E-state index contributed by atoms with van der Waals surface area (Å²) in [6, 6.07) is 7.43. The molecule has 0 aliphatic carbocycles. The third-order valence-electron chi connectivity index (χ3n) is 4.76. The van der Waals surface area contributed by atoms with Gasteiger partial charge in [-0.05, 0) is 30.2 Å². The highest BCUT2D eigenvalue weighted by Crippen LogP contribution is 2.24. The minimum absolute atomic E-state index is 0. The SMILES string of the molecule is Cl.Cl.NCCOc1cccnc1C(=O)N1CCc2oc(CCc3cccnc3)nc2C1. The standard InChI is InChI=1S/C21H23N5O3.2ClH/c22-8-12-28-18-4-2-10-24-20(18)21(27)26-11-7-17-16(14-26)25-19(29-17)6-5-15-3-1-9-23-13-15;;/h1-4,9-10,13H,5-8,11-12,14,22H2;2*1H. The van der Waals surface area contributed by atoms with Crippen molar-refractivity contribution >= 4 is 30.7 Å². The number of aromatic nitrogens is 3. The molecule has 166 valence electrons. The number of rotatable bonds is 7. The first-order chi connectivity index (χ1) is 14.2. The van der Waals surface area contributed by atoms with Gasteiger partial charge in [0.05, 0.1) is 6.54 Å². The zero-order valence-corrected chi connectivity index (χ0v) is 18.5. The van der Waals surface area contributed by atoms with Crippen LogP contribution in [0.25, 0.3) is 0 Å². The van der Waals surface area contributed by atoms with Crippen molar-refractivity contribution in [3.63, 3.8) is 0 Å². The fourth-order valence-electron chi connectivity index (χ4n) is 3.32. The summed E-state index contributed by atoms with van der Waals surface area (Å²) >= 11 is 0. The summed E-state index contributed by atoms with van der Waals surface area (Å²) in [4.78, 5) is 27.7. The largest absolute Gasteiger partial charge is 0.490 e. The highest BCUT2D eigenvalue weighted by atomic mass is 35.5. The summed E-state index contributed by atoms with van der Waals surface area (Å²) in [7, 11) is 0. The first-order valence-corrected chi connectivity index (χ1v) is 9.68. The second kappa shape index (κ2) is 11.6. The Kier molecular flexibility index (Phi) is 9.23. The van der Waals surface area contributed by atoms with Crippen LogP contribution in [0, 0.1) is 0 Å². The lowest BCUT2D eigenvalue weighted by molar-refractivity contribution is 0.0717. The topological polar surface area (TPSA) is 107 Å². The average molecular weight is 466 g/mol. The summed E-state index contributed by atoms with van der Waals surface area (Å²) in [6.07, 6.45) is 7.33. The Bertz CT molecular complexity index is 984. The molecule has 8 nitrogen and oxygen atoms in total. The number of hydrogen-bond acceptors (Lipinski definition) is 7. The molecule has 0 atom stereocenters. The van der Waals surface area contributed by atoms with Crippen LogP contribution in [0.4, 0.5) is 0 Å². The predicted octanol–water partition coefficient (Wildman–Crippen LogP) is 2.63. The second-order valence-electron chi connectivity index (χ2n) is 6.80. The van der Waals surface area contributed by atoms with Crippen molar-refractivity contribution in [3.8, 4) is 5.75 Å². The number of fused-ring (bicyclic) bond motifs is 1. The number of aryl methyl sites for hydroxylation is 2. The van der Waals surface area contributed by atoms with Crippen LogP contribution in [0.2, 0.25) is 0 Å². The molecule has 31 heavy (non-hydrogen) atoms. The maximum atomic E-state index is 13.0. The lowest BCUT2D eigenvalue weighted by atomic mass is 10.1. The van der Waals surface area contributed by atoms with Crippen molar-refractivity contribution in [1.29, 1.82) is 0 Å². The second-order valence-corrected chi connectivity index (χ2v) is 6.80. The van der Waals surface area contributed by atoms with Crippen LogP contribution < -0.4 is 10.5 Å². The van der Waals surface area contributed by atoms with Crippen LogP contribution in [0.1, 0.15) is 33.4 Å². The molecule has 3 aromatic heterocycles. The average Bonchev–Trinajstić information content (AvgIpc) is 3.19. The van der Waals surface area contributed by atoms with Crippen molar-refractivity contribution in [2.45, 2.75) is 25.8 Å². The highest BCUT2D eigenvalue weighted by Gasteiger charge is 2.28. The summed E-state index contributed by atoms with van der Waals surface area (Å²) in [6.45, 7) is 1.66. The number of hydrogen-bond donors (Lipinski definition) is 1. The smallest absolute Gasteiger partial charge is 0.276 e. The van der Waals surface area contributed by atoms with Crippen LogP contribution in [0.3, 0.4) is 0 Å². The number of amides is 1. The van der Waals surface area contributed by atoms with Gasteiger partial charge in [0.1, 0.15) is 18.1 Å². The van der Waals surface area contributed by atoms with Crippen LogP contribution in [-0.4, -0.2) is 45.5 Å². The molecule has 0 aromatic carbocycles. The molecule has 1 aliphatic heterocycles. The fraction of sp³-hybridized carbons (Fsp3) is 0.333. The quantitative estimate of drug-likeness (QED) is 0.571. The van der Waals surface area contributed by atoms with E-state index >= 15 is 0 Å². The van der Waals surface area contributed by atoms with Gasteiger partial charge in [0.2, 0.25) is 0 Å². The van der Waals surface area contributed by atoms with Gasteiger partial charge in [-0.1, -0.05) is 6.07 Å². The number of nitrogens with two attached hydrogens (primary N) is 1. The van der Waals surface area contributed by atoms with Crippen LogP contribution in [0.15, 0.2) is 47.3 Å². The summed E-state index contributed by atoms with van der Waals surface area (Å²) < 4.78 is 11.5. The molecule has 0 fully saturated rings. The number of pyridine rings is 2. The van der Waals surface area contributed by atoms with Crippen molar-refractivity contribution < 1.29 is 13.9 Å². The Morgan fingerprint density at radius 2 is 2.03 bits per heavy atom. The van der Waals surface area contributed by atoms with Gasteiger partial charge in [0.25, 0.3) is 5.91 Å². The van der Waals surface area contributed by atoms with Gasteiger partial charge in [-0.25, -0.2) is 9.97 Å². The number of carbonyl (C=O) groups is 1. The van der Waals surface area contributed by atoms with Crippen LogP contribution in [-0.2, 0) is 25.8 Å². The molecule has 0 saturated heterocycles. The van der Waals surface area contributed by atoms with Gasteiger partial charge in [-0.15, -0.1) is 24.8 Å². The van der Waals surface area contributed by atoms with E-state index in [0.29, 0.717) is 56.4 Å². The minimum atomic E-state index is -0.178. The predicted molar refractivity (Wildman–Crippen MR) is 120 cm³/mol. The highest BCUT2D eigenvalue weighted by molar-refractivity contribution is 5.95. The normalized spacial score (nSPS) is 12.4.